The molecule has 0 unspecified atom stereocenters. The van der Waals surface area contributed by atoms with E-state index in [2.05, 4.69) is 10.4 Å². The van der Waals surface area contributed by atoms with Gasteiger partial charge in [0.15, 0.2) is 0 Å². The van der Waals surface area contributed by atoms with Crippen molar-refractivity contribution in [2.75, 3.05) is 0 Å². The van der Waals surface area contributed by atoms with Gasteiger partial charge in [0.2, 0.25) is 0 Å². The number of benzene rings is 1. The molecule has 0 aliphatic heterocycles. The summed E-state index contributed by atoms with van der Waals surface area (Å²) in [7, 11) is 1.90. The molecule has 3 nitrogen and oxygen atoms in total. The highest BCUT2D eigenvalue weighted by Crippen LogP contribution is 2.17. The van der Waals surface area contributed by atoms with Crippen LogP contribution >= 0.6 is 0 Å². The van der Waals surface area contributed by atoms with Gasteiger partial charge in [-0.05, 0) is 19.9 Å². The molecule has 0 amide bonds. The maximum Gasteiger partial charge on any atom is 0.127 e. The van der Waals surface area contributed by atoms with E-state index < -0.39 is 0 Å². The van der Waals surface area contributed by atoms with Crippen molar-refractivity contribution >= 4 is 0 Å². The molecule has 18 heavy (non-hydrogen) atoms. The van der Waals surface area contributed by atoms with Crippen molar-refractivity contribution in [1.82, 2.24) is 15.1 Å². The normalized spacial score (nSPS) is 12.7. The summed E-state index contributed by atoms with van der Waals surface area (Å²) in [6, 6.07) is 6.83. The maximum atomic E-state index is 13.6. The Morgan fingerprint density at radius 2 is 2.11 bits per heavy atom. The third kappa shape index (κ3) is 2.76. The predicted molar refractivity (Wildman–Crippen MR) is 69.6 cm³/mol. The van der Waals surface area contributed by atoms with E-state index in [0.29, 0.717) is 12.1 Å². The summed E-state index contributed by atoms with van der Waals surface area (Å²) in [4.78, 5) is 0. The van der Waals surface area contributed by atoms with Gasteiger partial charge in [-0.25, -0.2) is 4.39 Å². The fourth-order valence-corrected chi connectivity index (χ4v) is 2.02. The van der Waals surface area contributed by atoms with Crippen molar-refractivity contribution in [2.45, 2.75) is 26.4 Å². The van der Waals surface area contributed by atoms with E-state index in [0.717, 1.165) is 11.3 Å². The van der Waals surface area contributed by atoms with Crippen LogP contribution in [0, 0.1) is 12.7 Å². The van der Waals surface area contributed by atoms with Crippen molar-refractivity contribution in [3.63, 3.8) is 0 Å². The van der Waals surface area contributed by atoms with Gasteiger partial charge in [0, 0.05) is 37.0 Å². The van der Waals surface area contributed by atoms with Gasteiger partial charge in [0.1, 0.15) is 5.82 Å². The van der Waals surface area contributed by atoms with Gasteiger partial charge in [-0.2, -0.15) is 5.10 Å². The summed E-state index contributed by atoms with van der Waals surface area (Å²) < 4.78 is 15.4. The Kier molecular flexibility index (Phi) is 3.77. The van der Waals surface area contributed by atoms with Gasteiger partial charge in [0.05, 0.1) is 5.69 Å². The number of halogens is 1. The predicted octanol–water partition coefficient (Wildman–Crippen LogP) is 2.72. The molecule has 0 radical (unpaired) electrons. The molecule has 4 heteroatoms. The Bertz CT molecular complexity index is 534. The minimum Gasteiger partial charge on any atom is -0.306 e. The molecule has 2 aromatic rings. The molecule has 0 spiro atoms. The highest BCUT2D eigenvalue weighted by molar-refractivity contribution is 5.21. The first-order valence-corrected chi connectivity index (χ1v) is 6.05. The summed E-state index contributed by atoms with van der Waals surface area (Å²) in [5, 5.41) is 7.60. The van der Waals surface area contributed by atoms with Gasteiger partial charge in [-0.1, -0.05) is 18.2 Å². The molecule has 0 fully saturated rings. The highest BCUT2D eigenvalue weighted by atomic mass is 19.1. The quantitative estimate of drug-likeness (QED) is 0.900. The molecular weight excluding hydrogens is 229 g/mol. The van der Waals surface area contributed by atoms with E-state index in [-0.39, 0.29) is 11.9 Å². The molecule has 96 valence electrons. The number of rotatable bonds is 4. The second-order valence-electron chi connectivity index (χ2n) is 4.54. The van der Waals surface area contributed by atoms with Crippen LogP contribution < -0.4 is 5.32 Å². The maximum absolute atomic E-state index is 13.6. The second-order valence-corrected chi connectivity index (χ2v) is 4.54. The number of aryl methyl sites for hydroxylation is 2. The van der Waals surface area contributed by atoms with Crippen molar-refractivity contribution in [3.05, 3.63) is 53.1 Å². The zero-order chi connectivity index (χ0) is 13.1. The first-order valence-electron chi connectivity index (χ1n) is 6.05. The van der Waals surface area contributed by atoms with Crippen LogP contribution in [0.2, 0.25) is 0 Å². The van der Waals surface area contributed by atoms with E-state index in [1.54, 1.807) is 10.7 Å². The van der Waals surface area contributed by atoms with Crippen molar-refractivity contribution in [1.29, 1.82) is 0 Å². The standard InChI is InChI=1S/C14H18FN3/c1-10-12(9-18(3)17-10)8-16-11(2)13-6-4-5-7-14(13)15/h4-7,9,11,16H,8H2,1-3H3/t11-/m1/s1. The van der Waals surface area contributed by atoms with Gasteiger partial charge < -0.3 is 5.32 Å². The van der Waals surface area contributed by atoms with Crippen LogP contribution in [0.1, 0.15) is 29.8 Å². The lowest BCUT2D eigenvalue weighted by Crippen LogP contribution is -2.19. The molecule has 0 bridgehead atoms. The summed E-state index contributed by atoms with van der Waals surface area (Å²) in [5.74, 6) is -0.166. The van der Waals surface area contributed by atoms with Crippen molar-refractivity contribution < 1.29 is 4.39 Å². The van der Waals surface area contributed by atoms with Gasteiger partial charge in [-0.3, -0.25) is 4.68 Å². The van der Waals surface area contributed by atoms with Crippen LogP contribution in [-0.4, -0.2) is 9.78 Å². The third-order valence-corrected chi connectivity index (χ3v) is 3.09. The SMILES string of the molecule is Cc1nn(C)cc1CN[C@H](C)c1ccccc1F. The summed E-state index contributed by atoms with van der Waals surface area (Å²) in [6.45, 7) is 4.63. The first-order chi connectivity index (χ1) is 8.58. The first kappa shape index (κ1) is 12.8. The topological polar surface area (TPSA) is 29.9 Å². The average Bonchev–Trinajstić information content (AvgIpc) is 2.65. The van der Waals surface area contributed by atoms with Crippen LogP contribution in [-0.2, 0) is 13.6 Å². The fraction of sp³-hybridized carbons (Fsp3) is 0.357. The number of hydrogen-bond acceptors (Lipinski definition) is 2. The Balaban J connectivity index is 2.03. The Hall–Kier alpha value is -1.68. The minimum absolute atomic E-state index is 0.0224. The van der Waals surface area contributed by atoms with Crippen LogP contribution in [0.25, 0.3) is 0 Å². The molecule has 1 heterocycles. The summed E-state index contributed by atoms with van der Waals surface area (Å²) >= 11 is 0. The molecule has 1 aromatic carbocycles. The highest BCUT2D eigenvalue weighted by Gasteiger charge is 2.10. The van der Waals surface area contributed by atoms with Crippen LogP contribution in [0.3, 0.4) is 0 Å². The van der Waals surface area contributed by atoms with Gasteiger partial charge >= 0.3 is 0 Å². The van der Waals surface area contributed by atoms with Crippen LogP contribution in [0.5, 0.6) is 0 Å². The molecule has 2 rings (SSSR count). The smallest absolute Gasteiger partial charge is 0.127 e. The van der Waals surface area contributed by atoms with Gasteiger partial charge in [-0.15, -0.1) is 0 Å². The number of hydrogen-bond donors (Lipinski definition) is 1. The average molecular weight is 247 g/mol. The Labute approximate surface area is 107 Å². The van der Waals surface area contributed by atoms with Crippen LogP contribution in [0.15, 0.2) is 30.5 Å². The number of nitrogens with one attached hydrogen (secondary N) is 1. The third-order valence-electron chi connectivity index (χ3n) is 3.09. The van der Waals surface area contributed by atoms with E-state index >= 15 is 0 Å². The minimum atomic E-state index is -0.166. The van der Waals surface area contributed by atoms with Gasteiger partial charge in [0.25, 0.3) is 0 Å². The molecule has 0 saturated heterocycles. The molecule has 0 saturated carbocycles. The summed E-state index contributed by atoms with van der Waals surface area (Å²) in [5.41, 5.74) is 2.84. The second kappa shape index (κ2) is 5.31. The van der Waals surface area contributed by atoms with E-state index in [9.17, 15) is 4.39 Å². The zero-order valence-corrected chi connectivity index (χ0v) is 10.9. The molecule has 1 atom stereocenters. The lowest BCUT2D eigenvalue weighted by molar-refractivity contribution is 0.527. The molecule has 0 aliphatic carbocycles. The fourth-order valence-electron chi connectivity index (χ4n) is 2.02. The Morgan fingerprint density at radius 1 is 1.39 bits per heavy atom. The largest absolute Gasteiger partial charge is 0.306 e. The van der Waals surface area contributed by atoms with Crippen LogP contribution in [0.4, 0.5) is 4.39 Å². The molecule has 1 N–H and O–H groups in total. The zero-order valence-electron chi connectivity index (χ0n) is 10.9. The molecule has 1 aromatic heterocycles. The Morgan fingerprint density at radius 3 is 2.72 bits per heavy atom. The molecule has 0 aliphatic rings. The lowest BCUT2D eigenvalue weighted by atomic mass is 10.1. The number of nitrogens with zero attached hydrogens (tertiary/aromatic N) is 2. The van der Waals surface area contributed by atoms with Crippen molar-refractivity contribution in [2.24, 2.45) is 7.05 Å². The monoisotopic (exact) mass is 247 g/mol. The lowest BCUT2D eigenvalue weighted by Gasteiger charge is -2.14. The summed E-state index contributed by atoms with van der Waals surface area (Å²) in [6.07, 6.45) is 1.98. The van der Waals surface area contributed by atoms with Crippen molar-refractivity contribution in [3.8, 4) is 0 Å². The van der Waals surface area contributed by atoms with E-state index in [1.165, 1.54) is 6.07 Å². The van der Waals surface area contributed by atoms with E-state index in [4.69, 9.17) is 0 Å². The number of aromatic nitrogens is 2. The van der Waals surface area contributed by atoms with E-state index in [1.807, 2.05) is 39.2 Å². The molecular formula is C14H18FN3.